The summed E-state index contributed by atoms with van der Waals surface area (Å²) >= 11 is 0. The van der Waals surface area contributed by atoms with Gasteiger partial charge in [-0.2, -0.15) is 0 Å². The van der Waals surface area contributed by atoms with E-state index in [1.165, 1.54) is 31.4 Å². The number of nitro benzene ring substituents is 1. The minimum atomic E-state index is -0.979. The summed E-state index contributed by atoms with van der Waals surface area (Å²) < 4.78 is 0. The van der Waals surface area contributed by atoms with Crippen molar-refractivity contribution in [1.29, 1.82) is 0 Å². The Bertz CT molecular complexity index is 638. The molecule has 2 rings (SSSR count). The lowest BCUT2D eigenvalue weighted by Gasteiger charge is -2.13. The first-order chi connectivity index (χ1) is 10.1. The molecule has 6 heteroatoms. The van der Waals surface area contributed by atoms with E-state index in [9.17, 15) is 15.2 Å². The van der Waals surface area contributed by atoms with E-state index in [1.54, 1.807) is 24.3 Å². The molecule has 0 spiro atoms. The van der Waals surface area contributed by atoms with Gasteiger partial charge in [0.2, 0.25) is 0 Å². The van der Waals surface area contributed by atoms with Crippen LogP contribution in [0.25, 0.3) is 0 Å². The number of hydrogen-bond donors (Lipinski definition) is 1. The molecular weight excluding hydrogens is 272 g/mol. The average molecular weight is 286 g/mol. The fourth-order valence-corrected chi connectivity index (χ4v) is 1.91. The normalized spacial score (nSPS) is 12.8. The van der Waals surface area contributed by atoms with Gasteiger partial charge in [0.05, 0.1) is 4.92 Å². The first-order valence-corrected chi connectivity index (χ1v) is 6.22. The minimum absolute atomic E-state index is 0.0234. The van der Waals surface area contributed by atoms with E-state index in [1.807, 2.05) is 6.07 Å². The first-order valence-electron chi connectivity index (χ1n) is 6.22. The van der Waals surface area contributed by atoms with Crippen LogP contribution >= 0.6 is 0 Å². The zero-order valence-electron chi connectivity index (χ0n) is 11.3. The Morgan fingerprint density at radius 2 is 1.81 bits per heavy atom. The van der Waals surface area contributed by atoms with Crippen molar-refractivity contribution in [2.45, 2.75) is 6.10 Å². The molecule has 1 unspecified atom stereocenters. The number of benzene rings is 2. The zero-order chi connectivity index (χ0) is 15.2. The number of non-ortho nitro benzene ring substituents is 1. The second kappa shape index (κ2) is 6.62. The summed E-state index contributed by atoms with van der Waals surface area (Å²) in [5, 5.41) is 24.9. The standard InChI is InChI=1S/C15H14N2O4/c1-21-16-14(15(18)12-5-3-2-4-6-12)11-7-9-13(10-8-11)17(19)20/h2-10,15,18H,1H3/b16-14+. The molecule has 1 N–H and O–H groups in total. The predicted octanol–water partition coefficient (Wildman–Crippen LogP) is 2.68. The van der Waals surface area contributed by atoms with Gasteiger partial charge in [-0.15, -0.1) is 0 Å². The van der Waals surface area contributed by atoms with Gasteiger partial charge in [0.25, 0.3) is 5.69 Å². The summed E-state index contributed by atoms with van der Waals surface area (Å²) in [6.07, 6.45) is -0.979. The Morgan fingerprint density at radius 3 is 2.33 bits per heavy atom. The quantitative estimate of drug-likeness (QED) is 0.520. The van der Waals surface area contributed by atoms with Crippen LogP contribution in [0.4, 0.5) is 5.69 Å². The summed E-state index contributed by atoms with van der Waals surface area (Å²) in [4.78, 5) is 15.0. The second-order valence-corrected chi connectivity index (χ2v) is 4.28. The van der Waals surface area contributed by atoms with Gasteiger partial charge in [-0.3, -0.25) is 10.1 Å². The predicted molar refractivity (Wildman–Crippen MR) is 78.0 cm³/mol. The number of aliphatic hydroxyl groups excluding tert-OH is 1. The van der Waals surface area contributed by atoms with Gasteiger partial charge in [0.15, 0.2) is 0 Å². The molecule has 0 fully saturated rings. The zero-order valence-corrected chi connectivity index (χ0v) is 11.3. The topological polar surface area (TPSA) is 85.0 Å². The van der Waals surface area contributed by atoms with Crippen LogP contribution in [0.15, 0.2) is 59.8 Å². The number of oxime groups is 1. The van der Waals surface area contributed by atoms with Gasteiger partial charge in [-0.05, 0) is 17.7 Å². The first kappa shape index (κ1) is 14.7. The summed E-state index contributed by atoms with van der Waals surface area (Å²) in [6.45, 7) is 0. The van der Waals surface area contributed by atoms with Gasteiger partial charge < -0.3 is 9.94 Å². The largest absolute Gasteiger partial charge is 0.399 e. The van der Waals surface area contributed by atoms with Crippen LogP contribution in [0.3, 0.4) is 0 Å². The Morgan fingerprint density at radius 1 is 1.19 bits per heavy atom. The summed E-state index contributed by atoms with van der Waals surface area (Å²) in [5.74, 6) is 0. The van der Waals surface area contributed by atoms with Crippen LogP contribution in [0, 0.1) is 10.1 Å². The summed E-state index contributed by atoms with van der Waals surface area (Å²) in [6, 6.07) is 14.8. The number of nitrogens with zero attached hydrogens (tertiary/aromatic N) is 2. The molecule has 0 aliphatic heterocycles. The number of rotatable bonds is 5. The second-order valence-electron chi connectivity index (χ2n) is 4.28. The van der Waals surface area contributed by atoms with Crippen molar-refractivity contribution in [2.75, 3.05) is 7.11 Å². The fraction of sp³-hybridized carbons (Fsp3) is 0.133. The summed E-state index contributed by atoms with van der Waals surface area (Å²) in [7, 11) is 1.38. The lowest BCUT2D eigenvalue weighted by atomic mass is 9.99. The highest BCUT2D eigenvalue weighted by molar-refractivity contribution is 6.03. The third kappa shape index (κ3) is 3.43. The molecule has 0 bridgehead atoms. The fourth-order valence-electron chi connectivity index (χ4n) is 1.91. The van der Waals surface area contributed by atoms with Crippen LogP contribution in [0.5, 0.6) is 0 Å². The van der Waals surface area contributed by atoms with Crippen LogP contribution in [0.2, 0.25) is 0 Å². The maximum Gasteiger partial charge on any atom is 0.269 e. The highest BCUT2D eigenvalue weighted by Gasteiger charge is 2.19. The van der Waals surface area contributed by atoms with Crippen molar-refractivity contribution in [3.63, 3.8) is 0 Å². The van der Waals surface area contributed by atoms with Crippen molar-refractivity contribution in [1.82, 2.24) is 0 Å². The Hall–Kier alpha value is -2.73. The monoisotopic (exact) mass is 286 g/mol. The van der Waals surface area contributed by atoms with Gasteiger partial charge >= 0.3 is 0 Å². The molecular formula is C15H14N2O4. The third-order valence-corrected chi connectivity index (χ3v) is 2.94. The smallest absolute Gasteiger partial charge is 0.269 e. The molecule has 0 radical (unpaired) electrons. The maximum absolute atomic E-state index is 10.7. The van der Waals surface area contributed by atoms with E-state index in [4.69, 9.17) is 4.84 Å². The molecule has 2 aromatic rings. The molecule has 2 aromatic carbocycles. The minimum Gasteiger partial charge on any atom is -0.399 e. The summed E-state index contributed by atoms with van der Waals surface area (Å²) in [5.41, 5.74) is 1.48. The molecule has 1 atom stereocenters. The highest BCUT2D eigenvalue weighted by Crippen LogP contribution is 2.21. The van der Waals surface area contributed by atoms with E-state index in [-0.39, 0.29) is 5.69 Å². The molecule has 0 saturated heterocycles. The van der Waals surface area contributed by atoms with E-state index in [0.717, 1.165) is 0 Å². The Balaban J connectivity index is 2.35. The van der Waals surface area contributed by atoms with E-state index in [0.29, 0.717) is 16.8 Å². The van der Waals surface area contributed by atoms with Crippen molar-refractivity contribution in [3.05, 3.63) is 75.8 Å². The van der Waals surface area contributed by atoms with Gasteiger partial charge in [0.1, 0.15) is 18.9 Å². The molecule has 6 nitrogen and oxygen atoms in total. The SMILES string of the molecule is CO/N=C(\c1ccc([N+](=O)[O-])cc1)C(O)c1ccccc1. The average Bonchev–Trinajstić information content (AvgIpc) is 2.53. The van der Waals surface area contributed by atoms with Crippen LogP contribution in [-0.4, -0.2) is 22.9 Å². The molecule has 0 saturated carbocycles. The number of aliphatic hydroxyl groups is 1. The molecule has 0 aromatic heterocycles. The Labute approximate surface area is 121 Å². The van der Waals surface area contributed by atoms with E-state index in [2.05, 4.69) is 5.16 Å². The van der Waals surface area contributed by atoms with Crippen molar-refractivity contribution in [2.24, 2.45) is 5.16 Å². The van der Waals surface area contributed by atoms with Crippen LogP contribution in [0.1, 0.15) is 17.2 Å². The van der Waals surface area contributed by atoms with Gasteiger partial charge in [-0.1, -0.05) is 35.5 Å². The third-order valence-electron chi connectivity index (χ3n) is 2.94. The van der Waals surface area contributed by atoms with E-state index >= 15 is 0 Å². The van der Waals surface area contributed by atoms with Crippen molar-refractivity contribution < 1.29 is 14.9 Å². The van der Waals surface area contributed by atoms with Crippen LogP contribution in [-0.2, 0) is 4.84 Å². The van der Waals surface area contributed by atoms with E-state index < -0.39 is 11.0 Å². The molecule has 0 aliphatic carbocycles. The highest BCUT2D eigenvalue weighted by atomic mass is 16.6. The van der Waals surface area contributed by atoms with Crippen molar-refractivity contribution >= 4 is 11.4 Å². The van der Waals surface area contributed by atoms with Crippen LogP contribution < -0.4 is 0 Å². The maximum atomic E-state index is 10.7. The molecule has 0 amide bonds. The lowest BCUT2D eigenvalue weighted by Crippen LogP contribution is -2.14. The molecule has 0 heterocycles. The number of hydrogen-bond acceptors (Lipinski definition) is 5. The van der Waals surface area contributed by atoms with Crippen molar-refractivity contribution in [3.8, 4) is 0 Å². The Kier molecular flexibility index (Phi) is 4.63. The molecule has 0 aliphatic rings. The van der Waals surface area contributed by atoms with Gasteiger partial charge in [0, 0.05) is 17.7 Å². The lowest BCUT2D eigenvalue weighted by molar-refractivity contribution is -0.384. The molecule has 108 valence electrons. The number of nitro groups is 1. The van der Waals surface area contributed by atoms with Gasteiger partial charge in [-0.25, -0.2) is 0 Å². The molecule has 21 heavy (non-hydrogen) atoms.